The van der Waals surface area contributed by atoms with E-state index < -0.39 is 26.2 Å². The molecular formula is C25H20N2O7S2. The molecule has 0 atom stereocenters. The zero-order chi connectivity index (χ0) is 25.7. The van der Waals surface area contributed by atoms with Crippen LogP contribution < -0.4 is 9.44 Å². The van der Waals surface area contributed by atoms with Crippen LogP contribution in [0, 0.1) is 0 Å². The molecule has 0 aliphatic heterocycles. The van der Waals surface area contributed by atoms with Gasteiger partial charge in [-0.1, -0.05) is 24.3 Å². The second-order valence-corrected chi connectivity index (χ2v) is 11.6. The third-order valence-electron chi connectivity index (χ3n) is 5.74. The summed E-state index contributed by atoms with van der Waals surface area (Å²) in [5.74, 6) is -0.196. The van der Waals surface area contributed by atoms with Gasteiger partial charge in [-0.2, -0.15) is 0 Å². The number of anilines is 2. The van der Waals surface area contributed by atoms with Crippen molar-refractivity contribution < 1.29 is 32.2 Å². The second-order valence-electron chi connectivity index (χ2n) is 8.21. The van der Waals surface area contributed by atoms with Gasteiger partial charge in [0.2, 0.25) is 0 Å². The molecule has 0 fully saturated rings. The lowest BCUT2D eigenvalue weighted by Crippen LogP contribution is -2.13. The van der Waals surface area contributed by atoms with E-state index in [9.17, 15) is 32.2 Å². The van der Waals surface area contributed by atoms with Gasteiger partial charge in [0.05, 0.1) is 21.2 Å². The van der Waals surface area contributed by atoms with Crippen molar-refractivity contribution in [2.24, 2.45) is 0 Å². The van der Waals surface area contributed by atoms with Crippen molar-refractivity contribution in [2.75, 3.05) is 9.44 Å². The molecule has 5 N–H and O–H groups in total. The number of hydrogen-bond acceptors (Lipinski definition) is 7. The lowest BCUT2D eigenvalue weighted by atomic mass is 10.1. The van der Waals surface area contributed by atoms with Gasteiger partial charge in [-0.3, -0.25) is 9.44 Å². The van der Waals surface area contributed by atoms with Crippen molar-refractivity contribution in [3.05, 3.63) is 96.1 Å². The van der Waals surface area contributed by atoms with Gasteiger partial charge in [0.1, 0.15) is 17.6 Å². The molecule has 36 heavy (non-hydrogen) atoms. The Hall–Kier alpha value is -4.06. The van der Waals surface area contributed by atoms with Gasteiger partial charge in [0.25, 0.3) is 20.0 Å². The smallest absolute Gasteiger partial charge is 0.261 e. The molecule has 0 spiro atoms. The highest BCUT2D eigenvalue weighted by molar-refractivity contribution is 7.93. The molecule has 4 aromatic carbocycles. The van der Waals surface area contributed by atoms with E-state index in [1.165, 1.54) is 72.8 Å². The minimum Gasteiger partial charge on any atom is -0.508 e. The molecule has 184 valence electrons. The summed E-state index contributed by atoms with van der Waals surface area (Å²) in [6, 6.07) is 19.9. The molecule has 0 saturated heterocycles. The third kappa shape index (κ3) is 4.35. The average Bonchev–Trinajstić information content (AvgIpc) is 3.10. The van der Waals surface area contributed by atoms with E-state index in [0.29, 0.717) is 22.3 Å². The fourth-order valence-corrected chi connectivity index (χ4v) is 6.26. The standard InChI is InChI=1S/C25H20N2O7S2/c28-17-5-1-3-15(11-17)26-35(31,32)19-7-9-21-22-10-8-20(14-24(22)25(30)23(21)13-19)36(33,34)27-16-4-2-6-18(29)12-16/h1-14,25-30H. The first-order chi connectivity index (χ1) is 17.0. The Morgan fingerprint density at radius 1 is 0.583 bits per heavy atom. The molecule has 4 aromatic rings. The van der Waals surface area contributed by atoms with Crippen LogP contribution in [-0.4, -0.2) is 32.2 Å². The second kappa shape index (κ2) is 8.55. The average molecular weight is 525 g/mol. The van der Waals surface area contributed by atoms with Crippen LogP contribution in [0.25, 0.3) is 11.1 Å². The van der Waals surface area contributed by atoms with Crippen molar-refractivity contribution in [1.29, 1.82) is 0 Å². The number of phenols is 2. The first-order valence-corrected chi connectivity index (χ1v) is 13.6. The van der Waals surface area contributed by atoms with E-state index in [1.807, 2.05) is 0 Å². The molecule has 9 nitrogen and oxygen atoms in total. The summed E-state index contributed by atoms with van der Waals surface area (Å²) in [4.78, 5) is -0.204. The van der Waals surface area contributed by atoms with Crippen LogP contribution in [0.15, 0.2) is 94.7 Å². The minimum absolute atomic E-state index is 0.0978. The maximum atomic E-state index is 12.9. The van der Waals surface area contributed by atoms with Crippen LogP contribution in [0.3, 0.4) is 0 Å². The van der Waals surface area contributed by atoms with Gasteiger partial charge < -0.3 is 15.3 Å². The van der Waals surface area contributed by atoms with Gasteiger partial charge in [0, 0.05) is 12.1 Å². The molecule has 0 aromatic heterocycles. The van der Waals surface area contributed by atoms with Crippen molar-refractivity contribution in [2.45, 2.75) is 15.9 Å². The molecule has 0 amide bonds. The molecule has 0 saturated carbocycles. The largest absolute Gasteiger partial charge is 0.508 e. The van der Waals surface area contributed by atoms with Crippen molar-refractivity contribution in [3.8, 4) is 22.6 Å². The fourth-order valence-electron chi connectivity index (χ4n) is 4.09. The van der Waals surface area contributed by atoms with E-state index in [4.69, 9.17) is 0 Å². The van der Waals surface area contributed by atoms with Crippen molar-refractivity contribution in [1.82, 2.24) is 0 Å². The van der Waals surface area contributed by atoms with Gasteiger partial charge in [-0.15, -0.1) is 0 Å². The fraction of sp³-hybridized carbons (Fsp3) is 0.0400. The van der Waals surface area contributed by atoms with Crippen LogP contribution in [0.5, 0.6) is 11.5 Å². The number of rotatable bonds is 6. The summed E-state index contributed by atoms with van der Waals surface area (Å²) in [6.45, 7) is 0. The van der Waals surface area contributed by atoms with Crippen LogP contribution in [0.2, 0.25) is 0 Å². The van der Waals surface area contributed by atoms with E-state index in [0.717, 1.165) is 0 Å². The van der Waals surface area contributed by atoms with E-state index in [-0.39, 0.29) is 32.7 Å². The zero-order valence-electron chi connectivity index (χ0n) is 18.5. The summed E-state index contributed by atoms with van der Waals surface area (Å²) in [7, 11) is -8.06. The number of phenolic OH excluding ortho intramolecular Hbond substituents is 2. The van der Waals surface area contributed by atoms with E-state index >= 15 is 0 Å². The Labute approximate surface area is 207 Å². The Balaban J connectivity index is 1.46. The number of fused-ring (bicyclic) bond motifs is 3. The number of aliphatic hydroxyl groups excluding tert-OH is 1. The third-order valence-corrected chi connectivity index (χ3v) is 8.50. The SMILES string of the molecule is O=S(=O)(Nc1cccc(O)c1)c1ccc2c(c1)C(O)c1cc(S(=O)(=O)Nc3cccc(O)c3)ccc1-2. The summed E-state index contributed by atoms with van der Waals surface area (Å²) < 4.78 is 56.4. The molecule has 1 aliphatic rings. The number of aromatic hydroxyl groups is 2. The Morgan fingerprint density at radius 2 is 1.00 bits per heavy atom. The molecular weight excluding hydrogens is 504 g/mol. The molecule has 0 heterocycles. The Kier molecular flexibility index (Phi) is 5.62. The monoisotopic (exact) mass is 524 g/mol. The van der Waals surface area contributed by atoms with Crippen LogP contribution >= 0.6 is 0 Å². The maximum absolute atomic E-state index is 12.9. The highest BCUT2D eigenvalue weighted by Gasteiger charge is 2.31. The van der Waals surface area contributed by atoms with Gasteiger partial charge in [-0.25, -0.2) is 16.8 Å². The first-order valence-electron chi connectivity index (χ1n) is 10.6. The number of sulfonamides is 2. The molecule has 0 radical (unpaired) electrons. The number of benzene rings is 4. The lowest BCUT2D eigenvalue weighted by molar-refractivity contribution is 0.224. The van der Waals surface area contributed by atoms with Crippen LogP contribution in [0.4, 0.5) is 11.4 Å². The first kappa shape index (κ1) is 23.7. The zero-order valence-corrected chi connectivity index (χ0v) is 20.1. The minimum atomic E-state index is -4.03. The molecule has 0 bridgehead atoms. The maximum Gasteiger partial charge on any atom is 0.261 e. The van der Waals surface area contributed by atoms with Crippen LogP contribution in [0.1, 0.15) is 17.2 Å². The van der Waals surface area contributed by atoms with Crippen LogP contribution in [-0.2, 0) is 20.0 Å². The summed E-state index contributed by atoms with van der Waals surface area (Å²) in [5, 5.41) is 30.2. The van der Waals surface area contributed by atoms with E-state index in [2.05, 4.69) is 9.44 Å². The quantitative estimate of drug-likeness (QED) is 0.257. The number of hydrogen-bond donors (Lipinski definition) is 5. The highest BCUT2D eigenvalue weighted by atomic mass is 32.2. The lowest BCUT2D eigenvalue weighted by Gasteiger charge is -2.11. The predicted octanol–water partition coefficient (Wildman–Crippen LogP) is 3.76. The normalized spacial score (nSPS) is 13.1. The van der Waals surface area contributed by atoms with Gasteiger partial charge >= 0.3 is 0 Å². The molecule has 11 heteroatoms. The highest BCUT2D eigenvalue weighted by Crippen LogP contribution is 2.45. The summed E-state index contributed by atoms with van der Waals surface area (Å²) >= 11 is 0. The molecule has 0 unspecified atom stereocenters. The number of aliphatic hydroxyl groups is 1. The van der Waals surface area contributed by atoms with Gasteiger partial charge in [-0.05, 0) is 70.8 Å². The Bertz CT molecular complexity index is 1590. The van der Waals surface area contributed by atoms with Crippen molar-refractivity contribution in [3.63, 3.8) is 0 Å². The molecule has 1 aliphatic carbocycles. The van der Waals surface area contributed by atoms with Crippen molar-refractivity contribution >= 4 is 31.4 Å². The molecule has 5 rings (SSSR count). The van der Waals surface area contributed by atoms with E-state index in [1.54, 1.807) is 12.1 Å². The summed E-state index contributed by atoms with van der Waals surface area (Å²) in [6.07, 6.45) is -1.25. The Morgan fingerprint density at radius 3 is 1.39 bits per heavy atom. The van der Waals surface area contributed by atoms with Gasteiger partial charge in [0.15, 0.2) is 0 Å². The number of nitrogens with one attached hydrogen (secondary N) is 2. The topological polar surface area (TPSA) is 153 Å². The summed E-state index contributed by atoms with van der Waals surface area (Å²) in [5.41, 5.74) is 2.15. The predicted molar refractivity (Wildman–Crippen MR) is 134 cm³/mol.